The lowest BCUT2D eigenvalue weighted by atomic mass is 10.0. The summed E-state index contributed by atoms with van der Waals surface area (Å²) < 4.78 is 0. The third-order valence-corrected chi connectivity index (χ3v) is 3.53. The average molecular weight is 417 g/mol. The molecule has 0 radical (unpaired) electrons. The van der Waals surface area contributed by atoms with Gasteiger partial charge in [0.25, 0.3) is 0 Å². The summed E-state index contributed by atoms with van der Waals surface area (Å²) in [5, 5.41) is 23.7. The van der Waals surface area contributed by atoms with Crippen molar-refractivity contribution in [3.8, 4) is 0 Å². The first-order chi connectivity index (χ1) is 13.3. The van der Waals surface area contributed by atoms with Crippen molar-refractivity contribution in [2.45, 2.75) is 51.2 Å². The zero-order valence-electron chi connectivity index (χ0n) is 16.1. The van der Waals surface area contributed by atoms with Gasteiger partial charge in [-0.1, -0.05) is 13.8 Å². The molecule has 0 saturated heterocycles. The molecule has 0 rings (SSSR count). The van der Waals surface area contributed by atoms with Gasteiger partial charge in [-0.25, -0.2) is 0 Å². The van der Waals surface area contributed by atoms with Crippen molar-refractivity contribution in [3.63, 3.8) is 0 Å². The summed E-state index contributed by atoms with van der Waals surface area (Å²) in [5.41, 5.74) is 10.8. The monoisotopic (exact) mass is 417 g/mol. The summed E-state index contributed by atoms with van der Waals surface area (Å²) in [5.74, 6) is -6.53. The lowest BCUT2D eigenvalue weighted by Gasteiger charge is -2.23. The smallest absolute Gasteiger partial charge is 0.322 e. The van der Waals surface area contributed by atoms with Crippen molar-refractivity contribution in [2.24, 2.45) is 17.4 Å². The number of primary amides is 1. The van der Waals surface area contributed by atoms with Crippen molar-refractivity contribution < 1.29 is 39.0 Å². The summed E-state index contributed by atoms with van der Waals surface area (Å²) in [6, 6.07) is -4.11. The Labute approximate surface area is 166 Å². The molecule has 3 unspecified atom stereocenters. The van der Waals surface area contributed by atoms with Crippen LogP contribution in [0, 0.1) is 5.92 Å². The third-order valence-electron chi connectivity index (χ3n) is 3.53. The second-order valence-electron chi connectivity index (χ2n) is 6.74. The molecular weight excluding hydrogens is 390 g/mol. The van der Waals surface area contributed by atoms with E-state index in [4.69, 9.17) is 21.7 Å². The largest absolute Gasteiger partial charge is 0.481 e. The molecule has 29 heavy (non-hydrogen) atoms. The zero-order chi connectivity index (χ0) is 22.7. The molecule has 0 aromatic heterocycles. The molecule has 0 heterocycles. The third kappa shape index (κ3) is 11.3. The highest BCUT2D eigenvalue weighted by Gasteiger charge is 2.30. The van der Waals surface area contributed by atoms with Crippen LogP contribution < -0.4 is 27.4 Å². The SMILES string of the molecule is CC(C)CC(N)C(=O)NC(CC(N)=O)C(=O)NC(CC(=O)O)C(=O)NCC(=O)O. The van der Waals surface area contributed by atoms with Crippen molar-refractivity contribution >= 4 is 35.6 Å². The van der Waals surface area contributed by atoms with Crippen LogP contribution in [-0.2, 0) is 28.8 Å². The molecule has 0 aliphatic carbocycles. The quantitative estimate of drug-likeness (QED) is 0.160. The Kier molecular flexibility index (Phi) is 10.9. The number of nitrogens with two attached hydrogens (primary N) is 2. The maximum atomic E-state index is 12.4. The molecule has 0 fully saturated rings. The van der Waals surface area contributed by atoms with E-state index in [2.05, 4.69) is 10.6 Å². The fourth-order valence-electron chi connectivity index (χ4n) is 2.25. The van der Waals surface area contributed by atoms with Crippen LogP contribution in [0.4, 0.5) is 0 Å². The van der Waals surface area contributed by atoms with Gasteiger partial charge in [-0.15, -0.1) is 0 Å². The highest BCUT2D eigenvalue weighted by Crippen LogP contribution is 2.04. The maximum absolute atomic E-state index is 12.4. The van der Waals surface area contributed by atoms with Crippen LogP contribution in [0.2, 0.25) is 0 Å². The minimum atomic E-state index is -1.64. The van der Waals surface area contributed by atoms with Crippen molar-refractivity contribution in [1.29, 1.82) is 0 Å². The van der Waals surface area contributed by atoms with Crippen molar-refractivity contribution in [1.82, 2.24) is 16.0 Å². The Morgan fingerprint density at radius 1 is 0.828 bits per heavy atom. The Hall–Kier alpha value is -3.22. The number of hydrogen-bond acceptors (Lipinski definition) is 7. The van der Waals surface area contributed by atoms with Gasteiger partial charge in [0.1, 0.15) is 18.6 Å². The fourth-order valence-corrected chi connectivity index (χ4v) is 2.25. The molecule has 0 bridgehead atoms. The van der Waals surface area contributed by atoms with Crippen molar-refractivity contribution in [3.05, 3.63) is 0 Å². The van der Waals surface area contributed by atoms with E-state index in [0.717, 1.165) is 0 Å². The normalized spacial score (nSPS) is 13.7. The number of amides is 4. The number of carbonyl (C=O) groups is 6. The molecule has 13 heteroatoms. The first-order valence-corrected chi connectivity index (χ1v) is 8.69. The van der Waals surface area contributed by atoms with Gasteiger partial charge in [-0.2, -0.15) is 0 Å². The molecule has 0 spiro atoms. The van der Waals surface area contributed by atoms with E-state index in [1.807, 2.05) is 19.2 Å². The summed E-state index contributed by atoms with van der Waals surface area (Å²) >= 11 is 0. The van der Waals surface area contributed by atoms with Crippen LogP contribution in [-0.4, -0.2) is 70.5 Å². The summed E-state index contributed by atoms with van der Waals surface area (Å²) in [7, 11) is 0. The number of carboxylic acid groups (broad SMARTS) is 2. The molecular formula is C16H27N5O8. The lowest BCUT2D eigenvalue weighted by Crippen LogP contribution is -2.57. The number of carboxylic acids is 2. The van der Waals surface area contributed by atoms with E-state index in [1.54, 1.807) is 0 Å². The molecule has 4 amide bonds. The van der Waals surface area contributed by atoms with Crippen LogP contribution in [0.25, 0.3) is 0 Å². The number of rotatable bonds is 13. The Morgan fingerprint density at radius 3 is 1.79 bits per heavy atom. The van der Waals surface area contributed by atoms with Gasteiger partial charge in [-0.05, 0) is 12.3 Å². The maximum Gasteiger partial charge on any atom is 0.322 e. The van der Waals surface area contributed by atoms with Crippen LogP contribution in [0.5, 0.6) is 0 Å². The van der Waals surface area contributed by atoms with Gasteiger partial charge in [0.2, 0.25) is 23.6 Å². The minimum Gasteiger partial charge on any atom is -0.481 e. The highest BCUT2D eigenvalue weighted by molar-refractivity contribution is 5.96. The molecule has 0 aromatic rings. The standard InChI is InChI=1S/C16H27N5O8/c1-7(2)3-8(17)14(27)20-9(4-11(18)22)16(29)21-10(5-12(23)24)15(28)19-6-13(25)26/h7-10H,3-6,17H2,1-2H3,(H2,18,22)(H,19,28)(H,20,27)(H,21,29)(H,23,24)(H,25,26). The van der Waals surface area contributed by atoms with Gasteiger partial charge in [0.15, 0.2) is 0 Å². The minimum absolute atomic E-state index is 0.0806. The van der Waals surface area contributed by atoms with Gasteiger partial charge < -0.3 is 37.6 Å². The average Bonchev–Trinajstić information content (AvgIpc) is 2.56. The molecule has 0 aliphatic rings. The van der Waals surface area contributed by atoms with E-state index < -0.39 is 73.1 Å². The van der Waals surface area contributed by atoms with E-state index in [9.17, 15) is 28.8 Å². The second-order valence-corrected chi connectivity index (χ2v) is 6.74. The molecule has 0 aliphatic heterocycles. The molecule has 13 nitrogen and oxygen atoms in total. The first kappa shape index (κ1) is 25.8. The number of carbonyl (C=O) groups excluding carboxylic acids is 4. The van der Waals surface area contributed by atoms with E-state index in [0.29, 0.717) is 6.42 Å². The van der Waals surface area contributed by atoms with Crippen LogP contribution >= 0.6 is 0 Å². The van der Waals surface area contributed by atoms with Gasteiger partial charge in [0.05, 0.1) is 18.9 Å². The van der Waals surface area contributed by atoms with Gasteiger partial charge in [0, 0.05) is 0 Å². The molecule has 164 valence electrons. The molecule has 0 aromatic carbocycles. The Balaban J connectivity index is 5.28. The Morgan fingerprint density at radius 2 is 1.34 bits per heavy atom. The Bertz CT molecular complexity index is 651. The summed E-state index contributed by atoms with van der Waals surface area (Å²) in [6.07, 6.45) is -1.18. The van der Waals surface area contributed by atoms with Crippen LogP contribution in [0.3, 0.4) is 0 Å². The summed E-state index contributed by atoms with van der Waals surface area (Å²) in [4.78, 5) is 69.3. The first-order valence-electron chi connectivity index (χ1n) is 8.69. The summed E-state index contributed by atoms with van der Waals surface area (Å²) in [6.45, 7) is 2.86. The highest BCUT2D eigenvalue weighted by atomic mass is 16.4. The number of hydrogen-bond donors (Lipinski definition) is 7. The predicted octanol–water partition coefficient (Wildman–Crippen LogP) is -3.12. The number of aliphatic carboxylic acids is 2. The van der Waals surface area contributed by atoms with Gasteiger partial charge >= 0.3 is 11.9 Å². The topological polar surface area (TPSA) is 231 Å². The zero-order valence-corrected chi connectivity index (χ0v) is 16.1. The van der Waals surface area contributed by atoms with Gasteiger partial charge in [-0.3, -0.25) is 28.8 Å². The fraction of sp³-hybridized carbons (Fsp3) is 0.625. The molecule has 3 atom stereocenters. The van der Waals surface area contributed by atoms with E-state index in [-0.39, 0.29) is 5.92 Å². The van der Waals surface area contributed by atoms with Crippen LogP contribution in [0.15, 0.2) is 0 Å². The van der Waals surface area contributed by atoms with Crippen molar-refractivity contribution in [2.75, 3.05) is 6.54 Å². The number of nitrogens with one attached hydrogen (secondary N) is 3. The second kappa shape index (κ2) is 12.3. The predicted molar refractivity (Wildman–Crippen MR) is 98.0 cm³/mol. The van der Waals surface area contributed by atoms with E-state index in [1.165, 1.54) is 0 Å². The molecule has 0 saturated carbocycles. The molecule has 9 N–H and O–H groups in total. The lowest BCUT2D eigenvalue weighted by molar-refractivity contribution is -0.142. The van der Waals surface area contributed by atoms with E-state index >= 15 is 0 Å². The van der Waals surface area contributed by atoms with Crippen LogP contribution in [0.1, 0.15) is 33.1 Å².